The molecule has 0 radical (unpaired) electrons. The molecule has 1 N–H and O–H groups in total. The van der Waals surface area contributed by atoms with Crippen molar-refractivity contribution in [2.24, 2.45) is 0 Å². The minimum Gasteiger partial charge on any atom is -0.357 e. The standard InChI is InChI=1S/C7H10F3N3S2/c1-4(3-14-2)11-6-12-5(13-15-6)7(8,9)10/h4H,3H2,1-2H3,(H,11,12,13). The van der Waals surface area contributed by atoms with Crippen LogP contribution in [0.2, 0.25) is 0 Å². The van der Waals surface area contributed by atoms with Crippen LogP contribution in [0.5, 0.6) is 0 Å². The molecular formula is C7H10F3N3S2. The first kappa shape index (κ1) is 12.6. The van der Waals surface area contributed by atoms with E-state index in [0.717, 1.165) is 17.3 Å². The maximum atomic E-state index is 12.1. The Morgan fingerprint density at radius 3 is 2.67 bits per heavy atom. The molecule has 1 aromatic rings. The van der Waals surface area contributed by atoms with Crippen molar-refractivity contribution < 1.29 is 13.2 Å². The molecule has 1 heterocycles. The summed E-state index contributed by atoms with van der Waals surface area (Å²) in [6, 6.07) is 0.0778. The number of thioether (sulfide) groups is 1. The highest BCUT2D eigenvalue weighted by Gasteiger charge is 2.36. The third kappa shape index (κ3) is 3.86. The average Bonchev–Trinajstić information content (AvgIpc) is 2.52. The highest BCUT2D eigenvalue weighted by atomic mass is 32.2. The van der Waals surface area contributed by atoms with Crippen LogP contribution >= 0.6 is 23.3 Å². The van der Waals surface area contributed by atoms with Gasteiger partial charge in [-0.05, 0) is 13.2 Å². The van der Waals surface area contributed by atoms with E-state index in [1.54, 1.807) is 11.8 Å². The summed E-state index contributed by atoms with van der Waals surface area (Å²) in [5.41, 5.74) is 0. The lowest BCUT2D eigenvalue weighted by Gasteiger charge is -2.09. The van der Waals surface area contributed by atoms with E-state index in [4.69, 9.17) is 0 Å². The monoisotopic (exact) mass is 257 g/mol. The molecule has 0 bridgehead atoms. The molecule has 1 unspecified atom stereocenters. The lowest BCUT2D eigenvalue weighted by molar-refractivity contribution is -0.144. The largest absolute Gasteiger partial charge is 0.452 e. The summed E-state index contributed by atoms with van der Waals surface area (Å²) in [5.74, 6) is -0.271. The van der Waals surface area contributed by atoms with Gasteiger partial charge >= 0.3 is 6.18 Å². The van der Waals surface area contributed by atoms with Gasteiger partial charge in [0, 0.05) is 23.3 Å². The summed E-state index contributed by atoms with van der Waals surface area (Å²) in [5, 5.41) is 3.07. The second kappa shape index (κ2) is 5.02. The Bertz CT molecular complexity index is 313. The van der Waals surface area contributed by atoms with Gasteiger partial charge < -0.3 is 5.32 Å². The van der Waals surface area contributed by atoms with Gasteiger partial charge in [0.2, 0.25) is 11.0 Å². The van der Waals surface area contributed by atoms with Crippen molar-refractivity contribution in [2.45, 2.75) is 19.1 Å². The Morgan fingerprint density at radius 2 is 2.20 bits per heavy atom. The van der Waals surface area contributed by atoms with Gasteiger partial charge in [-0.2, -0.15) is 34.3 Å². The molecule has 0 aliphatic carbocycles. The number of nitrogens with one attached hydrogen (secondary N) is 1. The first-order chi connectivity index (χ1) is 6.93. The minimum absolute atomic E-state index is 0.0778. The number of rotatable bonds is 4. The Labute approximate surface area is 93.6 Å². The normalized spacial score (nSPS) is 13.9. The predicted molar refractivity (Wildman–Crippen MR) is 56.4 cm³/mol. The number of halogens is 3. The maximum absolute atomic E-state index is 12.1. The number of anilines is 1. The molecule has 86 valence electrons. The third-order valence-electron chi connectivity index (χ3n) is 1.47. The van der Waals surface area contributed by atoms with Crippen LogP contribution in [-0.2, 0) is 6.18 Å². The van der Waals surface area contributed by atoms with Gasteiger partial charge in [-0.1, -0.05) is 0 Å². The highest BCUT2D eigenvalue weighted by molar-refractivity contribution is 7.98. The van der Waals surface area contributed by atoms with Crippen LogP contribution < -0.4 is 5.32 Å². The van der Waals surface area contributed by atoms with Gasteiger partial charge in [0.05, 0.1) is 0 Å². The number of hydrogen-bond acceptors (Lipinski definition) is 5. The van der Waals surface area contributed by atoms with Crippen LogP contribution in [0.1, 0.15) is 12.7 Å². The third-order valence-corrected chi connectivity index (χ3v) is 2.95. The quantitative estimate of drug-likeness (QED) is 0.900. The van der Waals surface area contributed by atoms with Gasteiger partial charge in [-0.15, -0.1) is 0 Å². The molecule has 15 heavy (non-hydrogen) atoms. The molecule has 0 aromatic carbocycles. The molecule has 0 fully saturated rings. The van der Waals surface area contributed by atoms with Gasteiger partial charge in [0.1, 0.15) is 0 Å². The van der Waals surface area contributed by atoms with Crippen molar-refractivity contribution >= 4 is 28.4 Å². The fourth-order valence-electron chi connectivity index (χ4n) is 0.900. The van der Waals surface area contributed by atoms with Crippen molar-refractivity contribution in [1.29, 1.82) is 0 Å². The van der Waals surface area contributed by atoms with Crippen LogP contribution in [0.3, 0.4) is 0 Å². The van der Waals surface area contributed by atoms with E-state index in [1.807, 2.05) is 13.2 Å². The average molecular weight is 257 g/mol. The molecule has 1 aromatic heterocycles. The minimum atomic E-state index is -4.46. The highest BCUT2D eigenvalue weighted by Crippen LogP contribution is 2.29. The summed E-state index contributed by atoms with van der Waals surface area (Å²) in [6.45, 7) is 1.88. The Kier molecular flexibility index (Phi) is 4.21. The Morgan fingerprint density at radius 1 is 1.53 bits per heavy atom. The first-order valence-corrected chi connectivity index (χ1v) is 6.26. The molecule has 1 rings (SSSR count). The molecule has 0 aliphatic rings. The number of nitrogens with zero attached hydrogens (tertiary/aromatic N) is 2. The van der Waals surface area contributed by atoms with Crippen molar-refractivity contribution in [3.8, 4) is 0 Å². The number of alkyl halides is 3. The van der Waals surface area contributed by atoms with E-state index in [0.29, 0.717) is 0 Å². The van der Waals surface area contributed by atoms with Crippen molar-refractivity contribution in [2.75, 3.05) is 17.3 Å². The van der Waals surface area contributed by atoms with Crippen LogP contribution in [0, 0.1) is 0 Å². The van der Waals surface area contributed by atoms with Gasteiger partial charge in [-0.25, -0.2) is 0 Å². The Hall–Kier alpha value is -0.500. The molecular weight excluding hydrogens is 247 g/mol. The second-order valence-corrected chi connectivity index (χ2v) is 4.58. The predicted octanol–water partition coefficient (Wildman–Crippen LogP) is 2.72. The smallest absolute Gasteiger partial charge is 0.357 e. The van der Waals surface area contributed by atoms with Crippen LogP contribution in [0.25, 0.3) is 0 Å². The molecule has 0 amide bonds. The van der Waals surface area contributed by atoms with Gasteiger partial charge in [-0.3, -0.25) is 0 Å². The van der Waals surface area contributed by atoms with Crippen molar-refractivity contribution in [3.05, 3.63) is 5.82 Å². The lowest BCUT2D eigenvalue weighted by Crippen LogP contribution is -2.17. The maximum Gasteiger partial charge on any atom is 0.452 e. The molecule has 1 atom stereocenters. The fraction of sp³-hybridized carbons (Fsp3) is 0.714. The second-order valence-electron chi connectivity index (χ2n) is 2.92. The summed E-state index contributed by atoms with van der Waals surface area (Å²) >= 11 is 2.34. The van der Waals surface area contributed by atoms with E-state index in [-0.39, 0.29) is 11.2 Å². The number of hydrogen-bond donors (Lipinski definition) is 1. The fourth-order valence-corrected chi connectivity index (χ4v) is 2.18. The van der Waals surface area contributed by atoms with E-state index in [1.165, 1.54) is 0 Å². The van der Waals surface area contributed by atoms with E-state index in [9.17, 15) is 13.2 Å². The Balaban J connectivity index is 2.61. The zero-order valence-corrected chi connectivity index (χ0v) is 9.76. The van der Waals surface area contributed by atoms with Crippen molar-refractivity contribution in [3.63, 3.8) is 0 Å². The summed E-state index contributed by atoms with van der Waals surface area (Å²) in [4.78, 5) is 3.37. The SMILES string of the molecule is CSCC(C)Nc1nc(C(F)(F)F)ns1. The molecule has 3 nitrogen and oxygen atoms in total. The van der Waals surface area contributed by atoms with Gasteiger partial charge in [0.25, 0.3) is 0 Å². The summed E-state index contributed by atoms with van der Waals surface area (Å²) in [6.07, 6.45) is -2.53. The van der Waals surface area contributed by atoms with Crippen LogP contribution in [0.15, 0.2) is 0 Å². The number of aromatic nitrogens is 2. The zero-order valence-electron chi connectivity index (χ0n) is 8.13. The summed E-state index contributed by atoms with van der Waals surface area (Å²) in [7, 11) is 0. The van der Waals surface area contributed by atoms with Crippen molar-refractivity contribution in [1.82, 2.24) is 9.36 Å². The lowest BCUT2D eigenvalue weighted by atomic mass is 10.4. The van der Waals surface area contributed by atoms with Gasteiger partial charge in [0.15, 0.2) is 0 Å². The van der Waals surface area contributed by atoms with Crippen LogP contribution in [0.4, 0.5) is 18.3 Å². The molecule has 0 aliphatic heterocycles. The molecule has 8 heteroatoms. The van der Waals surface area contributed by atoms with E-state index < -0.39 is 12.0 Å². The molecule has 0 spiro atoms. The van der Waals surface area contributed by atoms with E-state index in [2.05, 4.69) is 14.7 Å². The van der Waals surface area contributed by atoms with E-state index >= 15 is 0 Å². The first-order valence-electron chi connectivity index (χ1n) is 4.10. The summed E-state index contributed by atoms with van der Waals surface area (Å²) < 4.78 is 39.6. The molecule has 0 saturated carbocycles. The van der Waals surface area contributed by atoms with Crippen LogP contribution in [-0.4, -0.2) is 27.4 Å². The zero-order chi connectivity index (χ0) is 11.5. The molecule has 0 saturated heterocycles. The topological polar surface area (TPSA) is 37.8 Å².